The minimum Gasteiger partial charge on any atom is -0.494 e. The summed E-state index contributed by atoms with van der Waals surface area (Å²) >= 11 is 0. The van der Waals surface area contributed by atoms with Gasteiger partial charge in [-0.3, -0.25) is 9.69 Å². The lowest BCUT2D eigenvalue weighted by atomic mass is 10.2. The second-order valence-electron chi connectivity index (χ2n) is 5.71. The molecule has 1 aliphatic rings. The Kier molecular flexibility index (Phi) is 9.67. The Morgan fingerprint density at radius 1 is 1.35 bits per heavy atom. The standard InChI is InChI=1S/C17H27N3O2.ClH/c1-15-4-2-5-16(14-15)22-13-3-6-17(21)19-9-12-20-10-7-18-8-11-20;/h2,4-5,14,18H,3,6-13H2,1H3,(H,19,21);1H. The maximum Gasteiger partial charge on any atom is 0.220 e. The summed E-state index contributed by atoms with van der Waals surface area (Å²) in [7, 11) is 0. The molecule has 23 heavy (non-hydrogen) atoms. The zero-order chi connectivity index (χ0) is 15.6. The van der Waals surface area contributed by atoms with Crippen LogP contribution < -0.4 is 15.4 Å². The van der Waals surface area contributed by atoms with E-state index in [0.29, 0.717) is 13.0 Å². The molecule has 2 N–H and O–H groups in total. The summed E-state index contributed by atoms with van der Waals surface area (Å²) in [5.74, 6) is 0.988. The van der Waals surface area contributed by atoms with Gasteiger partial charge in [-0.25, -0.2) is 0 Å². The zero-order valence-corrected chi connectivity index (χ0v) is 14.7. The van der Waals surface area contributed by atoms with Crippen LogP contribution >= 0.6 is 12.4 Å². The molecule has 0 spiro atoms. The van der Waals surface area contributed by atoms with Crippen molar-refractivity contribution in [2.75, 3.05) is 45.9 Å². The van der Waals surface area contributed by atoms with Gasteiger partial charge in [-0.15, -0.1) is 12.4 Å². The topological polar surface area (TPSA) is 53.6 Å². The summed E-state index contributed by atoms with van der Waals surface area (Å²) in [5.41, 5.74) is 1.18. The monoisotopic (exact) mass is 341 g/mol. The van der Waals surface area contributed by atoms with Crippen molar-refractivity contribution in [1.29, 1.82) is 0 Å². The molecule has 5 nitrogen and oxygen atoms in total. The number of rotatable bonds is 8. The summed E-state index contributed by atoms with van der Waals surface area (Å²) in [6, 6.07) is 7.97. The van der Waals surface area contributed by atoms with E-state index in [1.807, 2.05) is 31.2 Å². The molecule has 1 aliphatic heterocycles. The molecule has 1 aromatic carbocycles. The molecule has 1 amide bonds. The molecular formula is C17H28ClN3O2. The number of carbonyl (C=O) groups excluding carboxylic acids is 1. The van der Waals surface area contributed by atoms with Crippen molar-refractivity contribution in [2.45, 2.75) is 19.8 Å². The smallest absolute Gasteiger partial charge is 0.220 e. The Hall–Kier alpha value is -1.30. The number of benzene rings is 1. The quantitative estimate of drug-likeness (QED) is 0.705. The highest BCUT2D eigenvalue weighted by atomic mass is 35.5. The van der Waals surface area contributed by atoms with Gasteiger partial charge in [-0.1, -0.05) is 12.1 Å². The number of nitrogens with one attached hydrogen (secondary N) is 2. The Balaban J connectivity index is 0.00000264. The van der Waals surface area contributed by atoms with Crippen LogP contribution in [0.2, 0.25) is 0 Å². The van der Waals surface area contributed by atoms with Crippen molar-refractivity contribution in [3.8, 4) is 5.75 Å². The van der Waals surface area contributed by atoms with Crippen molar-refractivity contribution in [2.24, 2.45) is 0 Å². The molecule has 0 aromatic heterocycles. The fraction of sp³-hybridized carbons (Fsp3) is 0.588. The van der Waals surface area contributed by atoms with Crippen LogP contribution in [0.3, 0.4) is 0 Å². The van der Waals surface area contributed by atoms with Crippen molar-refractivity contribution in [3.63, 3.8) is 0 Å². The summed E-state index contributed by atoms with van der Waals surface area (Å²) in [6.07, 6.45) is 1.26. The molecule has 0 radical (unpaired) electrons. The van der Waals surface area contributed by atoms with Gasteiger partial charge in [0.1, 0.15) is 5.75 Å². The molecule has 0 aliphatic carbocycles. The number of nitrogens with zero attached hydrogens (tertiary/aromatic N) is 1. The number of halogens is 1. The third-order valence-electron chi connectivity index (χ3n) is 3.77. The third-order valence-corrected chi connectivity index (χ3v) is 3.77. The van der Waals surface area contributed by atoms with Crippen LogP contribution in [0.15, 0.2) is 24.3 Å². The third kappa shape index (κ3) is 8.21. The summed E-state index contributed by atoms with van der Waals surface area (Å²) in [6.45, 7) is 8.52. The molecular weight excluding hydrogens is 314 g/mol. The van der Waals surface area contributed by atoms with Crippen molar-refractivity contribution < 1.29 is 9.53 Å². The molecule has 130 valence electrons. The van der Waals surface area contributed by atoms with E-state index >= 15 is 0 Å². The fourth-order valence-corrected chi connectivity index (χ4v) is 2.50. The average molecular weight is 342 g/mol. The number of hydrogen-bond donors (Lipinski definition) is 2. The second-order valence-corrected chi connectivity index (χ2v) is 5.71. The Morgan fingerprint density at radius 2 is 2.13 bits per heavy atom. The van der Waals surface area contributed by atoms with Crippen molar-refractivity contribution >= 4 is 18.3 Å². The number of aryl methyl sites for hydroxylation is 1. The van der Waals surface area contributed by atoms with Crippen LogP contribution in [0.25, 0.3) is 0 Å². The van der Waals surface area contributed by atoms with Crippen molar-refractivity contribution in [3.05, 3.63) is 29.8 Å². The van der Waals surface area contributed by atoms with Gasteiger partial charge in [0.15, 0.2) is 0 Å². The molecule has 0 atom stereocenters. The second kappa shape index (κ2) is 11.3. The Morgan fingerprint density at radius 3 is 2.87 bits per heavy atom. The van der Waals surface area contributed by atoms with E-state index in [-0.39, 0.29) is 18.3 Å². The van der Waals surface area contributed by atoms with E-state index in [0.717, 1.165) is 51.4 Å². The van der Waals surface area contributed by atoms with Crippen LogP contribution in [0, 0.1) is 6.92 Å². The highest BCUT2D eigenvalue weighted by Crippen LogP contribution is 2.12. The van der Waals surface area contributed by atoms with Gasteiger partial charge in [-0.05, 0) is 31.0 Å². The molecule has 0 bridgehead atoms. The molecule has 0 saturated carbocycles. The van der Waals surface area contributed by atoms with Gasteiger partial charge in [0.25, 0.3) is 0 Å². The largest absolute Gasteiger partial charge is 0.494 e. The van der Waals surface area contributed by atoms with Crippen LogP contribution in [-0.2, 0) is 4.79 Å². The van der Waals surface area contributed by atoms with Crippen LogP contribution in [0.1, 0.15) is 18.4 Å². The summed E-state index contributed by atoms with van der Waals surface area (Å²) < 4.78 is 5.64. The van der Waals surface area contributed by atoms with E-state index < -0.39 is 0 Å². The fourth-order valence-electron chi connectivity index (χ4n) is 2.50. The van der Waals surface area contributed by atoms with Crippen LogP contribution in [0.5, 0.6) is 5.75 Å². The van der Waals surface area contributed by atoms with E-state index in [4.69, 9.17) is 4.74 Å². The van der Waals surface area contributed by atoms with E-state index in [1.54, 1.807) is 0 Å². The molecule has 0 unspecified atom stereocenters. The number of carbonyl (C=O) groups is 1. The van der Waals surface area contributed by atoms with Gasteiger partial charge in [0.2, 0.25) is 5.91 Å². The van der Waals surface area contributed by atoms with Gasteiger partial charge < -0.3 is 15.4 Å². The maximum atomic E-state index is 11.8. The first-order valence-corrected chi connectivity index (χ1v) is 8.13. The summed E-state index contributed by atoms with van der Waals surface area (Å²) in [4.78, 5) is 14.1. The molecule has 1 aromatic rings. The number of piperazine rings is 1. The highest BCUT2D eigenvalue weighted by molar-refractivity contribution is 5.85. The minimum absolute atomic E-state index is 0. The average Bonchev–Trinajstić information content (AvgIpc) is 2.53. The molecule has 1 heterocycles. The van der Waals surface area contributed by atoms with Crippen molar-refractivity contribution in [1.82, 2.24) is 15.5 Å². The minimum atomic E-state index is 0. The molecule has 6 heteroatoms. The highest BCUT2D eigenvalue weighted by Gasteiger charge is 2.09. The first-order chi connectivity index (χ1) is 10.7. The first-order valence-electron chi connectivity index (χ1n) is 8.13. The number of amides is 1. The predicted molar refractivity (Wildman–Crippen MR) is 95.5 cm³/mol. The number of ether oxygens (including phenoxy) is 1. The van der Waals surface area contributed by atoms with Gasteiger partial charge >= 0.3 is 0 Å². The van der Waals surface area contributed by atoms with Gasteiger partial charge in [0.05, 0.1) is 6.61 Å². The normalized spacial score (nSPS) is 14.8. The van der Waals surface area contributed by atoms with Crippen LogP contribution in [-0.4, -0.2) is 56.7 Å². The maximum absolute atomic E-state index is 11.8. The Labute approximate surface area is 145 Å². The van der Waals surface area contributed by atoms with Gasteiger partial charge in [-0.2, -0.15) is 0 Å². The predicted octanol–water partition coefficient (Wildman–Crippen LogP) is 1.60. The van der Waals surface area contributed by atoms with E-state index in [1.165, 1.54) is 5.56 Å². The summed E-state index contributed by atoms with van der Waals surface area (Å²) in [5, 5.41) is 6.30. The van der Waals surface area contributed by atoms with E-state index in [2.05, 4.69) is 15.5 Å². The number of hydrogen-bond acceptors (Lipinski definition) is 4. The van der Waals surface area contributed by atoms with E-state index in [9.17, 15) is 4.79 Å². The lowest BCUT2D eigenvalue weighted by molar-refractivity contribution is -0.121. The lowest BCUT2D eigenvalue weighted by Crippen LogP contribution is -2.46. The molecule has 1 fully saturated rings. The molecule has 1 saturated heterocycles. The SMILES string of the molecule is Cc1cccc(OCCCC(=O)NCCN2CCNCC2)c1.Cl. The Bertz CT molecular complexity index is 465. The molecule has 2 rings (SSSR count). The first kappa shape index (κ1) is 19.7. The van der Waals surface area contributed by atoms with Gasteiger partial charge in [0, 0.05) is 45.7 Å². The lowest BCUT2D eigenvalue weighted by Gasteiger charge is -2.27. The zero-order valence-electron chi connectivity index (χ0n) is 13.8. The van der Waals surface area contributed by atoms with Crippen LogP contribution in [0.4, 0.5) is 0 Å².